The minimum absolute atomic E-state index is 0.127. The fourth-order valence-electron chi connectivity index (χ4n) is 4.89. The SMILES string of the molecule is COc1cc(N2CCC(C)CC2)ccc1Nc1ncc2c(n1)N(CCc1ccccc1)C(=O)C(C)(C)O2. The third-order valence-electron chi connectivity index (χ3n) is 7.16. The number of piperidine rings is 1. The van der Waals surface area contributed by atoms with Crippen molar-refractivity contribution in [3.63, 3.8) is 0 Å². The van der Waals surface area contributed by atoms with Crippen molar-refractivity contribution < 1.29 is 14.3 Å². The van der Waals surface area contributed by atoms with Gasteiger partial charge in [0.25, 0.3) is 5.91 Å². The Hall–Kier alpha value is -3.81. The van der Waals surface area contributed by atoms with Crippen LogP contribution >= 0.6 is 0 Å². The molecule has 1 aromatic heterocycles. The van der Waals surface area contributed by atoms with Crippen molar-refractivity contribution in [3.8, 4) is 11.5 Å². The van der Waals surface area contributed by atoms with E-state index in [0.29, 0.717) is 36.2 Å². The Morgan fingerprint density at radius 3 is 2.62 bits per heavy atom. The maximum Gasteiger partial charge on any atom is 0.271 e. The molecule has 1 amide bonds. The molecule has 2 aromatic carbocycles. The highest BCUT2D eigenvalue weighted by molar-refractivity contribution is 6.01. The second-order valence-electron chi connectivity index (χ2n) is 10.4. The molecule has 37 heavy (non-hydrogen) atoms. The average molecular weight is 502 g/mol. The number of nitrogens with one attached hydrogen (secondary N) is 1. The molecule has 8 heteroatoms. The maximum absolute atomic E-state index is 13.3. The largest absolute Gasteiger partial charge is 0.494 e. The molecule has 2 aliphatic heterocycles. The van der Waals surface area contributed by atoms with Gasteiger partial charge in [-0.3, -0.25) is 9.69 Å². The topological polar surface area (TPSA) is 79.8 Å². The summed E-state index contributed by atoms with van der Waals surface area (Å²) in [7, 11) is 1.66. The molecule has 194 valence electrons. The van der Waals surface area contributed by atoms with Crippen LogP contribution in [0.2, 0.25) is 0 Å². The molecule has 0 radical (unpaired) electrons. The zero-order valence-electron chi connectivity index (χ0n) is 22.0. The first-order valence-corrected chi connectivity index (χ1v) is 13.0. The number of fused-ring (bicyclic) bond motifs is 1. The number of amides is 1. The van der Waals surface area contributed by atoms with Gasteiger partial charge in [0.1, 0.15) is 5.75 Å². The molecule has 5 rings (SSSR count). The molecular formula is C29H35N5O3. The van der Waals surface area contributed by atoms with Crippen molar-refractivity contribution >= 4 is 29.0 Å². The summed E-state index contributed by atoms with van der Waals surface area (Å²) >= 11 is 0. The van der Waals surface area contributed by atoms with Crippen LogP contribution in [0.5, 0.6) is 11.5 Å². The lowest BCUT2D eigenvalue weighted by molar-refractivity contribution is -0.132. The number of anilines is 4. The van der Waals surface area contributed by atoms with E-state index in [-0.39, 0.29) is 5.91 Å². The van der Waals surface area contributed by atoms with Gasteiger partial charge in [-0.05, 0) is 56.7 Å². The Kier molecular flexibility index (Phi) is 6.91. The Balaban J connectivity index is 1.39. The molecule has 0 unspecified atom stereocenters. The number of aromatic nitrogens is 2. The monoisotopic (exact) mass is 501 g/mol. The molecule has 0 bridgehead atoms. The lowest BCUT2D eigenvalue weighted by Gasteiger charge is -2.37. The van der Waals surface area contributed by atoms with Gasteiger partial charge in [0.15, 0.2) is 17.2 Å². The zero-order chi connectivity index (χ0) is 26.0. The summed E-state index contributed by atoms with van der Waals surface area (Å²) in [5, 5.41) is 3.28. The van der Waals surface area contributed by atoms with Crippen LogP contribution in [-0.2, 0) is 11.2 Å². The van der Waals surface area contributed by atoms with Crippen molar-refractivity contribution in [1.29, 1.82) is 0 Å². The van der Waals surface area contributed by atoms with E-state index in [1.54, 1.807) is 32.1 Å². The molecule has 8 nitrogen and oxygen atoms in total. The quantitative estimate of drug-likeness (QED) is 0.476. The fraction of sp³-hybridized carbons (Fsp3) is 0.414. The van der Waals surface area contributed by atoms with E-state index in [9.17, 15) is 4.79 Å². The summed E-state index contributed by atoms with van der Waals surface area (Å²) in [6.45, 7) is 8.45. The second kappa shape index (κ2) is 10.3. The first kappa shape index (κ1) is 24.9. The lowest BCUT2D eigenvalue weighted by atomic mass is 9.99. The van der Waals surface area contributed by atoms with Crippen molar-refractivity contribution in [2.75, 3.05) is 41.9 Å². The first-order chi connectivity index (χ1) is 17.8. The molecule has 0 atom stereocenters. The third-order valence-corrected chi connectivity index (χ3v) is 7.16. The van der Waals surface area contributed by atoms with Gasteiger partial charge in [0.05, 0.1) is 19.0 Å². The number of nitrogens with zero attached hydrogens (tertiary/aromatic N) is 4. The van der Waals surface area contributed by atoms with Gasteiger partial charge >= 0.3 is 0 Å². The van der Waals surface area contributed by atoms with Gasteiger partial charge in [-0.2, -0.15) is 4.98 Å². The predicted octanol–water partition coefficient (Wildman–Crippen LogP) is 5.21. The fourth-order valence-corrected chi connectivity index (χ4v) is 4.89. The van der Waals surface area contributed by atoms with Gasteiger partial charge in [0, 0.05) is 31.4 Å². The summed E-state index contributed by atoms with van der Waals surface area (Å²) in [5.41, 5.74) is 2.07. The summed E-state index contributed by atoms with van der Waals surface area (Å²) in [6.07, 6.45) is 4.73. The van der Waals surface area contributed by atoms with Crippen molar-refractivity contribution in [2.45, 2.75) is 45.6 Å². The van der Waals surface area contributed by atoms with Gasteiger partial charge in [0.2, 0.25) is 5.95 Å². The van der Waals surface area contributed by atoms with Crippen molar-refractivity contribution in [1.82, 2.24) is 9.97 Å². The van der Waals surface area contributed by atoms with Crippen molar-refractivity contribution in [3.05, 3.63) is 60.3 Å². The van der Waals surface area contributed by atoms with Crippen LogP contribution in [0.15, 0.2) is 54.7 Å². The number of carbonyl (C=O) groups is 1. The van der Waals surface area contributed by atoms with Crippen LogP contribution in [0.3, 0.4) is 0 Å². The zero-order valence-corrected chi connectivity index (χ0v) is 22.0. The Morgan fingerprint density at radius 1 is 1.14 bits per heavy atom. The van der Waals surface area contributed by atoms with Crippen LogP contribution in [-0.4, -0.2) is 48.2 Å². The van der Waals surface area contributed by atoms with Crippen LogP contribution in [0, 0.1) is 5.92 Å². The van der Waals surface area contributed by atoms with E-state index in [2.05, 4.69) is 46.4 Å². The lowest BCUT2D eigenvalue weighted by Crippen LogP contribution is -2.53. The third kappa shape index (κ3) is 5.33. The standard InChI is InChI=1S/C29H35N5O3/c1-20-12-15-33(16-13-20)22-10-11-23(24(18-22)36-4)31-28-30-19-25-26(32-28)34(27(35)29(2,3)37-25)17-14-21-8-6-5-7-9-21/h5-11,18-20H,12-17H2,1-4H3,(H,30,31,32). The number of benzene rings is 2. The van der Waals surface area contributed by atoms with Gasteiger partial charge < -0.3 is 19.7 Å². The van der Waals surface area contributed by atoms with E-state index in [1.807, 2.05) is 24.3 Å². The minimum atomic E-state index is -0.993. The van der Waals surface area contributed by atoms with Crippen LogP contribution in [0.4, 0.5) is 23.1 Å². The van der Waals surface area contributed by atoms with E-state index in [4.69, 9.17) is 14.5 Å². The highest BCUT2D eigenvalue weighted by atomic mass is 16.5. The van der Waals surface area contributed by atoms with Gasteiger partial charge in [-0.1, -0.05) is 37.3 Å². The Morgan fingerprint density at radius 2 is 1.89 bits per heavy atom. The summed E-state index contributed by atoms with van der Waals surface area (Å²) in [6, 6.07) is 16.3. The molecule has 1 saturated heterocycles. The second-order valence-corrected chi connectivity index (χ2v) is 10.4. The first-order valence-electron chi connectivity index (χ1n) is 13.0. The Bertz CT molecular complexity index is 1260. The number of hydrogen-bond donors (Lipinski definition) is 1. The maximum atomic E-state index is 13.3. The number of methoxy groups -OCH3 is 1. The van der Waals surface area contributed by atoms with E-state index < -0.39 is 5.60 Å². The van der Waals surface area contributed by atoms with Crippen LogP contribution in [0.25, 0.3) is 0 Å². The molecular weight excluding hydrogens is 466 g/mol. The molecule has 0 spiro atoms. The average Bonchev–Trinajstić information content (AvgIpc) is 2.90. The van der Waals surface area contributed by atoms with Crippen LogP contribution < -0.4 is 24.6 Å². The smallest absolute Gasteiger partial charge is 0.271 e. The van der Waals surface area contributed by atoms with Gasteiger partial charge in [-0.25, -0.2) is 4.98 Å². The highest BCUT2D eigenvalue weighted by Crippen LogP contribution is 2.38. The number of ether oxygens (including phenoxy) is 2. The number of hydrogen-bond acceptors (Lipinski definition) is 7. The van der Waals surface area contributed by atoms with E-state index >= 15 is 0 Å². The normalized spacial score (nSPS) is 17.2. The minimum Gasteiger partial charge on any atom is -0.494 e. The summed E-state index contributed by atoms with van der Waals surface area (Å²) in [4.78, 5) is 26.6. The Labute approximate surface area is 218 Å². The molecule has 1 N–H and O–H groups in total. The van der Waals surface area contributed by atoms with Crippen molar-refractivity contribution in [2.24, 2.45) is 5.92 Å². The molecule has 1 fully saturated rings. The molecule has 3 heterocycles. The van der Waals surface area contributed by atoms with Gasteiger partial charge in [-0.15, -0.1) is 0 Å². The number of rotatable bonds is 7. The van der Waals surface area contributed by atoms with E-state index in [1.165, 1.54) is 12.8 Å². The molecule has 3 aromatic rings. The molecule has 0 saturated carbocycles. The highest BCUT2D eigenvalue weighted by Gasteiger charge is 2.42. The summed E-state index contributed by atoms with van der Waals surface area (Å²) in [5.74, 6) is 2.69. The van der Waals surface area contributed by atoms with Crippen LogP contribution in [0.1, 0.15) is 39.2 Å². The number of carbonyl (C=O) groups excluding carboxylic acids is 1. The predicted molar refractivity (Wildman–Crippen MR) is 146 cm³/mol. The van der Waals surface area contributed by atoms with E-state index in [0.717, 1.165) is 35.9 Å². The molecule has 2 aliphatic rings. The summed E-state index contributed by atoms with van der Waals surface area (Å²) < 4.78 is 11.7. The molecule has 0 aliphatic carbocycles.